The highest BCUT2D eigenvalue weighted by Crippen LogP contribution is 2.43. The summed E-state index contributed by atoms with van der Waals surface area (Å²) in [6, 6.07) is -0.855. The Labute approximate surface area is 489 Å². The molecule has 0 rings (SSSR count). The van der Waals surface area contributed by atoms with Gasteiger partial charge in [0.05, 0.1) is 33.8 Å². The van der Waals surface area contributed by atoms with E-state index in [0.29, 0.717) is 17.4 Å². The zero-order chi connectivity index (χ0) is 57.9. The quantitative estimate of drug-likeness (QED) is 0.0156. The summed E-state index contributed by atoms with van der Waals surface area (Å²) in [4.78, 5) is 37.7. The van der Waals surface area contributed by atoms with Crippen molar-refractivity contribution in [2.75, 3.05) is 40.9 Å². The minimum Gasteiger partial charge on any atom is -0.456 e. The number of likely N-dealkylation sites (N-methyl/N-ethyl adjacent to an activating group) is 1. The molecule has 0 aromatic rings. The fourth-order valence-corrected chi connectivity index (χ4v) is 10.3. The first-order valence-corrected chi connectivity index (χ1v) is 34.8. The third kappa shape index (κ3) is 59.9. The maximum absolute atomic E-state index is 13.5. The molecule has 0 aliphatic rings. The fraction of sp³-hybridized carbons (Fsp3) is 0.797. The van der Waals surface area contributed by atoms with Gasteiger partial charge in [0, 0.05) is 12.8 Å². The molecule has 0 fully saturated rings. The topological polar surface area (TPSA) is 111 Å². The third-order valence-corrected chi connectivity index (χ3v) is 15.7. The number of esters is 1. The summed E-state index contributed by atoms with van der Waals surface area (Å²) in [5, 5.41) is 3.05. The summed E-state index contributed by atoms with van der Waals surface area (Å²) in [7, 11) is 1.49. The molecular weight excluding hydrogens is 1000 g/mol. The van der Waals surface area contributed by atoms with E-state index in [1.54, 1.807) is 0 Å². The van der Waals surface area contributed by atoms with E-state index in [2.05, 4.69) is 86.8 Å². The second kappa shape index (κ2) is 58.6. The lowest BCUT2D eigenvalue weighted by Crippen LogP contribution is -2.47. The van der Waals surface area contributed by atoms with Crippen LogP contribution < -0.4 is 5.32 Å². The predicted molar refractivity (Wildman–Crippen MR) is 341 cm³/mol. The van der Waals surface area contributed by atoms with Crippen LogP contribution in [0.2, 0.25) is 0 Å². The van der Waals surface area contributed by atoms with Crippen molar-refractivity contribution < 1.29 is 37.3 Å². The van der Waals surface area contributed by atoms with Gasteiger partial charge in [0.25, 0.3) is 0 Å². The van der Waals surface area contributed by atoms with Gasteiger partial charge in [0.1, 0.15) is 19.3 Å². The second-order valence-electron chi connectivity index (χ2n) is 23.7. The van der Waals surface area contributed by atoms with Crippen LogP contribution in [0.1, 0.15) is 303 Å². The number of nitrogens with zero attached hydrogens (tertiary/aromatic N) is 1. The van der Waals surface area contributed by atoms with Gasteiger partial charge in [-0.25, -0.2) is 4.57 Å². The van der Waals surface area contributed by atoms with Crippen molar-refractivity contribution in [3.8, 4) is 0 Å². The highest BCUT2D eigenvalue weighted by Gasteiger charge is 2.30. The number of phosphoric ester groups is 1. The van der Waals surface area contributed by atoms with Crippen LogP contribution in [0.3, 0.4) is 0 Å². The Morgan fingerprint density at radius 2 is 0.861 bits per heavy atom. The predicted octanol–water partition coefficient (Wildman–Crippen LogP) is 20.8. The number of hydrogen-bond donors (Lipinski definition) is 2. The Hall–Kier alpha value is -2.55. The lowest BCUT2D eigenvalue weighted by molar-refractivity contribution is -0.870. The van der Waals surface area contributed by atoms with Gasteiger partial charge in [-0.2, -0.15) is 0 Å². The molecule has 9 nitrogen and oxygen atoms in total. The summed E-state index contributed by atoms with van der Waals surface area (Å²) >= 11 is 0. The van der Waals surface area contributed by atoms with E-state index < -0.39 is 20.0 Å². The summed E-state index contributed by atoms with van der Waals surface area (Å²) in [5.74, 6) is -0.513. The molecule has 0 spiro atoms. The van der Waals surface area contributed by atoms with Crippen molar-refractivity contribution in [3.63, 3.8) is 0 Å². The summed E-state index contributed by atoms with van der Waals surface area (Å²) < 4.78 is 30.7. The maximum atomic E-state index is 13.5. The molecule has 0 aromatic heterocycles. The Balaban J connectivity index is 4.99. The van der Waals surface area contributed by atoms with Crippen LogP contribution in [-0.2, 0) is 27.9 Å². The van der Waals surface area contributed by atoms with Gasteiger partial charge in [0.2, 0.25) is 5.91 Å². The minimum absolute atomic E-state index is 0.0365. The minimum atomic E-state index is -4.45. The number of carbonyl (C=O) groups is 2. The molecular formula is C69H128N2O7P+. The largest absolute Gasteiger partial charge is 0.472 e. The number of nitrogens with one attached hydrogen (secondary N) is 1. The van der Waals surface area contributed by atoms with Crippen LogP contribution in [0.25, 0.3) is 0 Å². The number of unbranched alkanes of at least 4 members (excludes halogenated alkanes) is 36. The molecule has 1 amide bonds. The van der Waals surface area contributed by atoms with E-state index in [1.165, 1.54) is 186 Å². The maximum Gasteiger partial charge on any atom is 0.472 e. The van der Waals surface area contributed by atoms with E-state index in [1.807, 2.05) is 33.3 Å². The molecule has 0 aromatic carbocycles. The number of carbonyl (C=O) groups excluding carboxylic acids is 2. The molecule has 0 aliphatic carbocycles. The zero-order valence-electron chi connectivity index (χ0n) is 52.6. The monoisotopic (exact) mass is 1130 g/mol. The number of hydrogen-bond acceptors (Lipinski definition) is 6. The molecule has 2 N–H and O–H groups in total. The Morgan fingerprint density at radius 3 is 1.33 bits per heavy atom. The highest BCUT2D eigenvalue weighted by molar-refractivity contribution is 7.47. The van der Waals surface area contributed by atoms with Gasteiger partial charge >= 0.3 is 13.8 Å². The van der Waals surface area contributed by atoms with Gasteiger partial charge in [-0.1, -0.05) is 280 Å². The number of quaternary nitrogens is 1. The smallest absolute Gasteiger partial charge is 0.456 e. The van der Waals surface area contributed by atoms with Gasteiger partial charge in [-0.3, -0.25) is 18.6 Å². The molecule has 79 heavy (non-hydrogen) atoms. The molecule has 0 saturated heterocycles. The number of allylic oxidation sites excluding steroid dienone is 11. The first kappa shape index (κ1) is 76.5. The molecule has 3 atom stereocenters. The molecule has 0 radical (unpaired) electrons. The van der Waals surface area contributed by atoms with Crippen LogP contribution >= 0.6 is 7.82 Å². The van der Waals surface area contributed by atoms with Crippen LogP contribution in [0, 0.1) is 0 Å². The van der Waals surface area contributed by atoms with Crippen molar-refractivity contribution in [1.82, 2.24) is 5.32 Å². The van der Waals surface area contributed by atoms with E-state index in [4.69, 9.17) is 13.8 Å². The van der Waals surface area contributed by atoms with E-state index in [9.17, 15) is 19.0 Å². The fourth-order valence-electron chi connectivity index (χ4n) is 9.56. The second-order valence-corrected chi connectivity index (χ2v) is 25.1. The third-order valence-electron chi connectivity index (χ3n) is 14.7. The molecule has 0 heterocycles. The average Bonchev–Trinajstić information content (AvgIpc) is 3.41. The number of rotatable bonds is 60. The molecule has 0 bridgehead atoms. The average molecular weight is 1130 g/mol. The van der Waals surface area contributed by atoms with Crippen LogP contribution in [0.5, 0.6) is 0 Å². The summed E-state index contributed by atoms with van der Waals surface area (Å²) in [5.41, 5.74) is 0. The molecule has 0 aliphatic heterocycles. The van der Waals surface area contributed by atoms with Gasteiger partial charge in [0.15, 0.2) is 0 Å². The zero-order valence-corrected chi connectivity index (χ0v) is 53.5. The number of phosphoric acid groups is 1. The Bertz CT molecular complexity index is 1580. The number of amides is 1. The van der Waals surface area contributed by atoms with Crippen molar-refractivity contribution >= 4 is 19.7 Å². The first-order chi connectivity index (χ1) is 38.4. The van der Waals surface area contributed by atoms with Crippen LogP contribution in [0.15, 0.2) is 72.9 Å². The van der Waals surface area contributed by atoms with Crippen molar-refractivity contribution in [2.24, 2.45) is 0 Å². The van der Waals surface area contributed by atoms with Crippen molar-refractivity contribution in [3.05, 3.63) is 72.9 Å². The van der Waals surface area contributed by atoms with E-state index >= 15 is 0 Å². The van der Waals surface area contributed by atoms with Gasteiger partial charge < -0.3 is 19.4 Å². The first-order valence-electron chi connectivity index (χ1n) is 33.3. The molecule has 10 heteroatoms. The van der Waals surface area contributed by atoms with Crippen molar-refractivity contribution in [1.29, 1.82) is 0 Å². The normalized spacial score (nSPS) is 14.1. The standard InChI is InChI=1S/C69H127N2O7P/c1-7-10-13-16-19-22-25-27-29-30-31-32-33-34-35-36-37-38-39-40-42-44-47-50-53-56-59-62-69(73)78-67(60-57-54-51-48-45-24-21-18-15-12-9-3)66(65-77-79(74,75)76-64-63-71(4,5)6)70-68(72)61-58-55-52-49-46-43-41-28-26-23-20-17-14-11-8-2/h11,14,17,19-20,22-23,26-27,29,57,60,66-67H,7-10,12-13,15-16,18,21,24-25,28,30-56,58-59,61-65H2,1-6H3,(H-,70,72,74,75)/p+1/b14-11+,20-17+,22-19-,26-23+,29-27-,60-57-. The van der Waals surface area contributed by atoms with Crippen LogP contribution in [-0.4, -0.2) is 74.3 Å². The van der Waals surface area contributed by atoms with Gasteiger partial charge in [-0.15, -0.1) is 0 Å². The van der Waals surface area contributed by atoms with Crippen molar-refractivity contribution in [2.45, 2.75) is 315 Å². The molecule has 0 saturated carbocycles. The summed E-state index contributed by atoms with van der Waals surface area (Å²) in [6.45, 7) is 6.86. The lowest BCUT2D eigenvalue weighted by atomic mass is 10.0. The molecule has 460 valence electrons. The van der Waals surface area contributed by atoms with Crippen LogP contribution in [0.4, 0.5) is 0 Å². The number of ether oxygens (including phenoxy) is 1. The van der Waals surface area contributed by atoms with E-state index in [0.717, 1.165) is 83.5 Å². The SMILES string of the molecule is CC/C=C/C=C/C=C/CCCCCCCCCC(=O)NC(COP(=O)(O)OCC[N+](C)(C)C)C(/C=C\CCCCCCCCCCC)OC(=O)CCCCCCCCCCCCCCCCCCC/C=C\C/C=C\CCCCC. The summed E-state index contributed by atoms with van der Waals surface area (Å²) in [6.07, 6.45) is 76.3. The Morgan fingerprint density at radius 1 is 0.468 bits per heavy atom. The molecule has 3 unspecified atom stereocenters. The highest BCUT2D eigenvalue weighted by atomic mass is 31.2. The Kier molecular flexibility index (Phi) is 56.7. The van der Waals surface area contributed by atoms with Gasteiger partial charge in [-0.05, 0) is 83.1 Å². The van der Waals surface area contributed by atoms with E-state index in [-0.39, 0.29) is 31.5 Å². The lowest BCUT2D eigenvalue weighted by Gasteiger charge is -2.27.